The molecule has 0 saturated heterocycles. The lowest BCUT2D eigenvalue weighted by Gasteiger charge is -2.22. The van der Waals surface area contributed by atoms with Gasteiger partial charge in [-0.25, -0.2) is 4.39 Å². The van der Waals surface area contributed by atoms with Crippen LogP contribution in [0.15, 0.2) is 36.4 Å². The third-order valence-corrected chi connectivity index (χ3v) is 5.00. The normalized spacial score (nSPS) is 15.6. The summed E-state index contributed by atoms with van der Waals surface area (Å²) in [5.74, 6) is 0.642. The molecule has 0 bridgehead atoms. The van der Waals surface area contributed by atoms with Crippen molar-refractivity contribution in [2.75, 3.05) is 6.61 Å². The summed E-state index contributed by atoms with van der Waals surface area (Å²) in [6, 6.07) is 11.7. The summed E-state index contributed by atoms with van der Waals surface area (Å²) in [7, 11) is 0. The molecule has 0 aliphatic heterocycles. The lowest BCUT2D eigenvalue weighted by molar-refractivity contribution is 0.338. The average Bonchev–Trinajstić information content (AvgIpc) is 2.60. The minimum Gasteiger partial charge on any atom is -0.492 e. The van der Waals surface area contributed by atoms with Crippen molar-refractivity contribution in [1.29, 1.82) is 0 Å². The maximum absolute atomic E-state index is 14.5. The van der Waals surface area contributed by atoms with Crippen LogP contribution < -0.4 is 4.74 Å². The zero-order valence-electron chi connectivity index (χ0n) is 13.4. The van der Waals surface area contributed by atoms with Crippen LogP contribution in [0.3, 0.4) is 0 Å². The maximum atomic E-state index is 14.5. The van der Waals surface area contributed by atoms with E-state index < -0.39 is 5.82 Å². The Morgan fingerprint density at radius 1 is 1.04 bits per heavy atom. The van der Waals surface area contributed by atoms with E-state index in [1.54, 1.807) is 12.1 Å². The quantitative estimate of drug-likeness (QED) is 0.613. The summed E-state index contributed by atoms with van der Waals surface area (Å²) in [5.41, 5.74) is 2.74. The molecule has 0 spiro atoms. The zero-order valence-corrected chi connectivity index (χ0v) is 14.2. The molecule has 2 aromatic carbocycles. The number of hydrogen-bond acceptors (Lipinski definition) is 1. The highest BCUT2D eigenvalue weighted by atomic mass is 35.5. The standard InChI is InChI=1S/C20H22ClFO/c1-2-23-18-13-12-17(20(22)19(18)21)16-10-8-15(9-11-16)14-6-4-3-5-7-14/h8-14H,2-7H2,1H3. The first-order chi connectivity index (χ1) is 11.2. The molecule has 0 radical (unpaired) electrons. The second-order valence-electron chi connectivity index (χ2n) is 6.13. The molecule has 1 fully saturated rings. The minimum absolute atomic E-state index is 0.0562. The van der Waals surface area contributed by atoms with Gasteiger partial charge < -0.3 is 4.74 Å². The summed E-state index contributed by atoms with van der Waals surface area (Å²) in [4.78, 5) is 0. The predicted molar refractivity (Wildman–Crippen MR) is 93.8 cm³/mol. The summed E-state index contributed by atoms with van der Waals surface area (Å²) in [6.45, 7) is 2.32. The van der Waals surface area contributed by atoms with E-state index in [-0.39, 0.29) is 5.02 Å². The Morgan fingerprint density at radius 3 is 2.39 bits per heavy atom. The molecule has 1 saturated carbocycles. The second-order valence-corrected chi connectivity index (χ2v) is 6.51. The molecule has 0 aromatic heterocycles. The van der Waals surface area contributed by atoms with Gasteiger partial charge in [-0.15, -0.1) is 0 Å². The Balaban J connectivity index is 1.85. The summed E-state index contributed by atoms with van der Waals surface area (Å²) < 4.78 is 19.8. The fourth-order valence-electron chi connectivity index (χ4n) is 3.39. The molecule has 0 amide bonds. The molecule has 3 heteroatoms. The fraction of sp³-hybridized carbons (Fsp3) is 0.400. The topological polar surface area (TPSA) is 9.23 Å². The Hall–Kier alpha value is -1.54. The van der Waals surface area contributed by atoms with E-state index in [2.05, 4.69) is 12.1 Å². The minimum atomic E-state index is -0.414. The molecule has 0 heterocycles. The third-order valence-electron chi connectivity index (χ3n) is 4.64. The summed E-state index contributed by atoms with van der Waals surface area (Å²) in [5, 5.41) is 0.0562. The van der Waals surface area contributed by atoms with Gasteiger partial charge in [0.2, 0.25) is 0 Å². The summed E-state index contributed by atoms with van der Waals surface area (Å²) >= 11 is 6.08. The van der Waals surface area contributed by atoms with E-state index >= 15 is 0 Å². The van der Waals surface area contributed by atoms with Crippen LogP contribution in [0.2, 0.25) is 5.02 Å². The van der Waals surface area contributed by atoms with Crippen LogP contribution in [0.4, 0.5) is 4.39 Å². The van der Waals surface area contributed by atoms with E-state index in [4.69, 9.17) is 16.3 Å². The van der Waals surface area contributed by atoms with Crippen molar-refractivity contribution >= 4 is 11.6 Å². The van der Waals surface area contributed by atoms with Crippen LogP contribution in [-0.4, -0.2) is 6.61 Å². The smallest absolute Gasteiger partial charge is 0.153 e. The molecule has 1 aliphatic carbocycles. The monoisotopic (exact) mass is 332 g/mol. The molecule has 0 atom stereocenters. The van der Waals surface area contributed by atoms with Crippen LogP contribution in [0.1, 0.15) is 50.5 Å². The molecule has 23 heavy (non-hydrogen) atoms. The van der Waals surface area contributed by atoms with Gasteiger partial charge in [-0.3, -0.25) is 0 Å². The van der Waals surface area contributed by atoms with Crippen molar-refractivity contribution in [2.24, 2.45) is 0 Å². The van der Waals surface area contributed by atoms with Gasteiger partial charge >= 0.3 is 0 Å². The van der Waals surface area contributed by atoms with Crippen molar-refractivity contribution in [3.63, 3.8) is 0 Å². The zero-order chi connectivity index (χ0) is 16.2. The van der Waals surface area contributed by atoms with Crippen molar-refractivity contribution in [2.45, 2.75) is 44.9 Å². The molecule has 1 nitrogen and oxygen atoms in total. The number of rotatable bonds is 4. The first-order valence-corrected chi connectivity index (χ1v) is 8.79. The van der Waals surface area contributed by atoms with Crippen molar-refractivity contribution in [1.82, 2.24) is 0 Å². The second kappa shape index (κ2) is 7.35. The summed E-state index contributed by atoms with van der Waals surface area (Å²) in [6.07, 6.45) is 6.51. The highest BCUT2D eigenvalue weighted by Gasteiger charge is 2.17. The lowest BCUT2D eigenvalue weighted by atomic mass is 9.83. The number of halogens is 2. The molecular weight excluding hydrogens is 311 g/mol. The first-order valence-electron chi connectivity index (χ1n) is 8.42. The van der Waals surface area contributed by atoms with Crippen LogP contribution in [-0.2, 0) is 0 Å². The number of hydrogen-bond donors (Lipinski definition) is 0. The maximum Gasteiger partial charge on any atom is 0.153 e. The van der Waals surface area contributed by atoms with Gasteiger partial charge in [0, 0.05) is 5.56 Å². The van der Waals surface area contributed by atoms with Crippen molar-refractivity contribution in [3.8, 4) is 16.9 Å². The molecule has 3 rings (SSSR count). The van der Waals surface area contributed by atoms with Crippen LogP contribution >= 0.6 is 11.6 Å². The Kier molecular flexibility index (Phi) is 5.22. The molecule has 0 unspecified atom stereocenters. The fourth-order valence-corrected chi connectivity index (χ4v) is 3.61. The van der Waals surface area contributed by atoms with Gasteiger partial charge in [0.05, 0.1) is 6.61 Å². The van der Waals surface area contributed by atoms with Gasteiger partial charge in [0.15, 0.2) is 5.82 Å². The average molecular weight is 333 g/mol. The van der Waals surface area contributed by atoms with E-state index in [1.165, 1.54) is 37.7 Å². The SMILES string of the molecule is CCOc1ccc(-c2ccc(C3CCCCC3)cc2)c(F)c1Cl. The third kappa shape index (κ3) is 3.53. The van der Waals surface area contributed by atoms with Crippen LogP contribution in [0, 0.1) is 5.82 Å². The molecule has 122 valence electrons. The molecule has 1 aliphatic rings. The van der Waals surface area contributed by atoms with Crippen molar-refractivity contribution in [3.05, 3.63) is 52.8 Å². The van der Waals surface area contributed by atoms with Gasteiger partial charge in [0.1, 0.15) is 10.8 Å². The van der Waals surface area contributed by atoms with Gasteiger partial charge in [-0.1, -0.05) is 55.1 Å². The largest absolute Gasteiger partial charge is 0.492 e. The predicted octanol–water partition coefficient (Wildman–Crippen LogP) is 6.59. The lowest BCUT2D eigenvalue weighted by Crippen LogP contribution is -2.04. The van der Waals surface area contributed by atoms with E-state index in [0.717, 1.165) is 5.56 Å². The molecule has 2 aromatic rings. The van der Waals surface area contributed by atoms with Crippen LogP contribution in [0.25, 0.3) is 11.1 Å². The van der Waals surface area contributed by atoms with Gasteiger partial charge in [-0.2, -0.15) is 0 Å². The molecule has 0 N–H and O–H groups in total. The van der Waals surface area contributed by atoms with Crippen molar-refractivity contribution < 1.29 is 9.13 Å². The van der Waals surface area contributed by atoms with E-state index in [9.17, 15) is 4.39 Å². The molecular formula is C20H22ClFO. The Morgan fingerprint density at radius 2 is 1.74 bits per heavy atom. The van der Waals surface area contributed by atoms with E-state index in [1.807, 2.05) is 19.1 Å². The first kappa shape index (κ1) is 16.3. The number of benzene rings is 2. The van der Waals surface area contributed by atoms with Gasteiger partial charge in [0.25, 0.3) is 0 Å². The number of ether oxygens (including phenoxy) is 1. The van der Waals surface area contributed by atoms with Gasteiger partial charge in [-0.05, 0) is 48.9 Å². The highest BCUT2D eigenvalue weighted by molar-refractivity contribution is 6.32. The Labute approximate surface area is 142 Å². The van der Waals surface area contributed by atoms with E-state index in [0.29, 0.717) is 23.8 Å². The van der Waals surface area contributed by atoms with Crippen LogP contribution in [0.5, 0.6) is 5.75 Å². The Bertz CT molecular complexity index is 660. The highest BCUT2D eigenvalue weighted by Crippen LogP contribution is 2.36.